The number of nitrogens with zero attached hydrogens (tertiary/aromatic N) is 2. The molecule has 0 spiro atoms. The highest BCUT2D eigenvalue weighted by Gasteiger charge is 2.09. The third-order valence-corrected chi connectivity index (χ3v) is 5.53. The second-order valence-electron chi connectivity index (χ2n) is 7.86. The van der Waals surface area contributed by atoms with Crippen molar-refractivity contribution in [2.45, 2.75) is 13.2 Å². The van der Waals surface area contributed by atoms with Crippen LogP contribution < -0.4 is 0 Å². The summed E-state index contributed by atoms with van der Waals surface area (Å²) in [5, 5.41) is 0. The van der Waals surface area contributed by atoms with Crippen LogP contribution in [0.5, 0.6) is 0 Å². The number of benzene rings is 4. The van der Waals surface area contributed by atoms with Gasteiger partial charge in [-0.3, -0.25) is 0 Å². The zero-order valence-electron chi connectivity index (χ0n) is 17.8. The Hall–Kier alpha value is -4.22. The monoisotopic (exact) mass is 432 g/mol. The topological polar surface area (TPSA) is 61.3 Å². The summed E-state index contributed by atoms with van der Waals surface area (Å²) in [7, 11) is 0. The summed E-state index contributed by atoms with van der Waals surface area (Å²) < 4.78 is 17.6. The molecule has 0 unspecified atom stereocenters. The Morgan fingerprint density at radius 2 is 0.939 bits per heavy atom. The van der Waals surface area contributed by atoms with E-state index in [2.05, 4.69) is 9.97 Å². The SMILES string of the molecule is c1ccc2oc(-c3ccc(COCc4ccc(-c5nc6ccccc6o5)cc4)cc3)nc2c1. The Balaban J connectivity index is 1.07. The molecule has 0 aliphatic carbocycles. The first-order valence-electron chi connectivity index (χ1n) is 10.8. The van der Waals surface area contributed by atoms with Gasteiger partial charge in [0.05, 0.1) is 13.2 Å². The zero-order valence-corrected chi connectivity index (χ0v) is 17.8. The van der Waals surface area contributed by atoms with Gasteiger partial charge in [-0.25, -0.2) is 9.97 Å². The van der Waals surface area contributed by atoms with Crippen LogP contribution >= 0.6 is 0 Å². The van der Waals surface area contributed by atoms with Crippen molar-refractivity contribution in [2.24, 2.45) is 0 Å². The van der Waals surface area contributed by atoms with Crippen molar-refractivity contribution in [3.05, 3.63) is 108 Å². The maximum atomic E-state index is 5.91. The lowest BCUT2D eigenvalue weighted by Crippen LogP contribution is -1.94. The van der Waals surface area contributed by atoms with Crippen molar-refractivity contribution in [2.75, 3.05) is 0 Å². The quantitative estimate of drug-likeness (QED) is 0.283. The van der Waals surface area contributed by atoms with Crippen LogP contribution in [-0.4, -0.2) is 9.97 Å². The second-order valence-corrected chi connectivity index (χ2v) is 7.86. The van der Waals surface area contributed by atoms with Crippen LogP contribution in [0, 0.1) is 0 Å². The summed E-state index contributed by atoms with van der Waals surface area (Å²) in [5.41, 5.74) is 7.40. The van der Waals surface area contributed by atoms with Crippen LogP contribution in [0.25, 0.3) is 45.1 Å². The van der Waals surface area contributed by atoms with Gasteiger partial charge in [0.1, 0.15) is 11.0 Å². The molecule has 0 fully saturated rings. The van der Waals surface area contributed by atoms with E-state index < -0.39 is 0 Å². The van der Waals surface area contributed by atoms with Gasteiger partial charge in [-0.15, -0.1) is 0 Å². The van der Waals surface area contributed by atoms with Crippen molar-refractivity contribution >= 4 is 22.2 Å². The average molecular weight is 432 g/mol. The highest BCUT2D eigenvalue weighted by molar-refractivity contribution is 5.76. The van der Waals surface area contributed by atoms with Gasteiger partial charge in [-0.1, -0.05) is 48.5 Å². The van der Waals surface area contributed by atoms with Crippen LogP contribution in [0.2, 0.25) is 0 Å². The Kier molecular flexibility index (Phi) is 4.94. The highest BCUT2D eigenvalue weighted by atomic mass is 16.5. The third-order valence-electron chi connectivity index (χ3n) is 5.53. The Bertz CT molecular complexity index is 1350. The molecule has 0 bridgehead atoms. The van der Waals surface area contributed by atoms with E-state index in [1.54, 1.807) is 0 Å². The number of rotatable bonds is 6. The normalized spacial score (nSPS) is 11.4. The molecule has 6 rings (SSSR count). The summed E-state index contributed by atoms with van der Waals surface area (Å²) >= 11 is 0. The molecule has 6 aromatic rings. The summed E-state index contributed by atoms with van der Waals surface area (Å²) in [4.78, 5) is 9.09. The van der Waals surface area contributed by atoms with Gasteiger partial charge in [0.25, 0.3) is 0 Å². The minimum Gasteiger partial charge on any atom is -0.436 e. The van der Waals surface area contributed by atoms with Gasteiger partial charge in [-0.2, -0.15) is 0 Å². The van der Waals surface area contributed by atoms with E-state index in [1.807, 2.05) is 97.1 Å². The molecular formula is C28H20N2O3. The zero-order chi connectivity index (χ0) is 22.0. The minimum absolute atomic E-state index is 0.528. The van der Waals surface area contributed by atoms with Crippen LogP contribution in [-0.2, 0) is 18.0 Å². The molecule has 0 saturated heterocycles. The number of para-hydroxylation sites is 4. The van der Waals surface area contributed by atoms with Crippen molar-refractivity contribution in [1.82, 2.24) is 9.97 Å². The maximum Gasteiger partial charge on any atom is 0.227 e. The summed E-state index contributed by atoms with van der Waals surface area (Å²) in [6.07, 6.45) is 0. The van der Waals surface area contributed by atoms with Gasteiger partial charge in [-0.05, 0) is 59.7 Å². The van der Waals surface area contributed by atoms with Gasteiger partial charge < -0.3 is 13.6 Å². The lowest BCUT2D eigenvalue weighted by atomic mass is 10.1. The number of hydrogen-bond donors (Lipinski definition) is 0. The van der Waals surface area contributed by atoms with Crippen molar-refractivity contribution in [1.29, 1.82) is 0 Å². The first-order valence-corrected chi connectivity index (χ1v) is 10.8. The van der Waals surface area contributed by atoms with E-state index in [-0.39, 0.29) is 0 Å². The third kappa shape index (κ3) is 4.02. The van der Waals surface area contributed by atoms with Crippen LogP contribution in [0.3, 0.4) is 0 Å². The fraction of sp³-hybridized carbons (Fsp3) is 0.0714. The van der Waals surface area contributed by atoms with Gasteiger partial charge in [0.15, 0.2) is 11.2 Å². The molecule has 2 heterocycles. The van der Waals surface area contributed by atoms with Crippen molar-refractivity contribution in [3.63, 3.8) is 0 Å². The molecule has 5 heteroatoms. The summed E-state index contributed by atoms with van der Waals surface area (Å²) in [6.45, 7) is 1.06. The smallest absolute Gasteiger partial charge is 0.227 e. The van der Waals surface area contributed by atoms with Crippen molar-refractivity contribution < 1.29 is 13.6 Å². The fourth-order valence-electron chi connectivity index (χ4n) is 3.77. The molecule has 0 radical (unpaired) electrons. The minimum atomic E-state index is 0.528. The molecule has 33 heavy (non-hydrogen) atoms. The second kappa shape index (κ2) is 8.37. The van der Waals surface area contributed by atoms with E-state index in [0.29, 0.717) is 25.0 Å². The first kappa shape index (κ1) is 19.5. The lowest BCUT2D eigenvalue weighted by molar-refractivity contribution is 0.107. The molecule has 0 N–H and O–H groups in total. The molecule has 0 aliphatic rings. The Labute approximate surface area is 190 Å². The predicted octanol–water partition coefficient (Wildman–Crippen LogP) is 7.02. The van der Waals surface area contributed by atoms with E-state index in [1.165, 1.54) is 0 Å². The molecule has 0 atom stereocenters. The summed E-state index contributed by atoms with van der Waals surface area (Å²) in [6, 6.07) is 31.8. The molecule has 2 aromatic heterocycles. The Morgan fingerprint density at radius 1 is 0.515 bits per heavy atom. The molecule has 0 saturated carbocycles. The van der Waals surface area contributed by atoms with Crippen LogP contribution in [0.1, 0.15) is 11.1 Å². The molecule has 160 valence electrons. The van der Waals surface area contributed by atoms with Gasteiger partial charge in [0, 0.05) is 11.1 Å². The molecule has 0 amide bonds. The van der Waals surface area contributed by atoms with E-state index in [4.69, 9.17) is 13.6 Å². The maximum absolute atomic E-state index is 5.91. The first-order chi connectivity index (χ1) is 16.3. The summed E-state index contributed by atoms with van der Waals surface area (Å²) in [5.74, 6) is 1.26. The largest absolute Gasteiger partial charge is 0.436 e. The molecule has 4 aromatic carbocycles. The standard InChI is InChI=1S/C28H20N2O3/c1-3-7-25-23(5-1)29-27(32-25)21-13-9-19(10-14-21)17-31-18-20-11-15-22(16-12-20)28-30-24-6-2-4-8-26(24)33-28/h1-16H,17-18H2. The van der Waals surface area contributed by atoms with E-state index >= 15 is 0 Å². The van der Waals surface area contributed by atoms with E-state index in [0.717, 1.165) is 44.5 Å². The fourth-order valence-corrected chi connectivity index (χ4v) is 3.77. The molecule has 0 aliphatic heterocycles. The highest BCUT2D eigenvalue weighted by Crippen LogP contribution is 2.26. The lowest BCUT2D eigenvalue weighted by Gasteiger charge is -2.06. The molecule has 5 nitrogen and oxygen atoms in total. The number of ether oxygens (including phenoxy) is 1. The van der Waals surface area contributed by atoms with Crippen LogP contribution in [0.15, 0.2) is 106 Å². The number of aromatic nitrogens is 2. The Morgan fingerprint density at radius 3 is 1.36 bits per heavy atom. The number of hydrogen-bond acceptors (Lipinski definition) is 5. The molecular weight excluding hydrogens is 412 g/mol. The average Bonchev–Trinajstić information content (AvgIpc) is 3.49. The predicted molar refractivity (Wildman–Crippen MR) is 127 cm³/mol. The van der Waals surface area contributed by atoms with Gasteiger partial charge in [0.2, 0.25) is 11.8 Å². The van der Waals surface area contributed by atoms with Crippen molar-refractivity contribution in [3.8, 4) is 22.9 Å². The van der Waals surface area contributed by atoms with Crippen LogP contribution in [0.4, 0.5) is 0 Å². The number of fused-ring (bicyclic) bond motifs is 2. The van der Waals surface area contributed by atoms with Gasteiger partial charge >= 0.3 is 0 Å². The number of oxazole rings is 2. The van der Waals surface area contributed by atoms with E-state index in [9.17, 15) is 0 Å².